The van der Waals surface area contributed by atoms with E-state index in [1.54, 1.807) is 11.3 Å². The molecular weight excluding hydrogens is 517 g/mol. The van der Waals surface area contributed by atoms with Crippen LogP contribution in [-0.2, 0) is 6.54 Å². The number of ether oxygens (including phenoxy) is 1. The summed E-state index contributed by atoms with van der Waals surface area (Å²) in [7, 11) is 0. The van der Waals surface area contributed by atoms with Crippen LogP contribution in [0.2, 0.25) is 0 Å². The molecule has 0 saturated carbocycles. The highest BCUT2D eigenvalue weighted by molar-refractivity contribution is 8.03. The topological polar surface area (TPSA) is 16.4 Å². The van der Waals surface area contributed by atoms with Gasteiger partial charge in [-0.1, -0.05) is 96.8 Å². The summed E-state index contributed by atoms with van der Waals surface area (Å²) >= 11 is 3.67. The number of rotatable bonds is 7. The highest BCUT2D eigenvalue weighted by Crippen LogP contribution is 2.48. The Bertz CT molecular complexity index is 1570. The second-order valence-electron chi connectivity index (χ2n) is 9.61. The Labute approximate surface area is 239 Å². The maximum atomic E-state index is 6.52. The van der Waals surface area contributed by atoms with Gasteiger partial charge in [0.15, 0.2) is 6.54 Å². The summed E-state index contributed by atoms with van der Waals surface area (Å²) in [6, 6.07) is 27.9. The van der Waals surface area contributed by atoms with Gasteiger partial charge in [0, 0.05) is 17.5 Å². The fourth-order valence-corrected chi connectivity index (χ4v) is 7.48. The maximum absolute atomic E-state index is 6.52. The van der Waals surface area contributed by atoms with Crippen molar-refractivity contribution in [2.75, 3.05) is 11.4 Å². The van der Waals surface area contributed by atoms with Gasteiger partial charge in [0.05, 0.1) is 10.7 Å². The van der Waals surface area contributed by atoms with Crippen molar-refractivity contribution in [2.45, 2.75) is 44.7 Å². The smallest absolute Gasteiger partial charge is 0.387 e. The lowest BCUT2D eigenvalue weighted by molar-refractivity contribution is -0.696. The third kappa shape index (κ3) is 5.09. The normalized spacial score (nSPS) is 17.3. The maximum Gasteiger partial charge on any atom is 0.387 e. The molecular formula is C34H33N2OS2+. The van der Waals surface area contributed by atoms with E-state index in [1.807, 2.05) is 17.8 Å². The quantitative estimate of drug-likeness (QED) is 0.214. The molecule has 1 unspecified atom stereocenters. The summed E-state index contributed by atoms with van der Waals surface area (Å²) in [5.74, 6) is 0.972. The third-order valence-corrected chi connectivity index (χ3v) is 9.41. The van der Waals surface area contributed by atoms with Crippen molar-refractivity contribution in [3.05, 3.63) is 117 Å². The largest absolute Gasteiger partial charge is 0.431 e. The number of allylic oxidation sites excluding steroid dienone is 2. The van der Waals surface area contributed by atoms with Crippen LogP contribution in [0.4, 0.5) is 5.69 Å². The summed E-state index contributed by atoms with van der Waals surface area (Å²) in [6.45, 7) is 8.47. The second-order valence-corrected chi connectivity index (χ2v) is 11.7. The standard InChI is InChI=1S/C34H33N2OS2/c1-4-24(21-32-35(5-2)28-23-27(17-19-30(28)38-32)25-13-9-7-10-14-25)22-33-36(6-3)34-31(39-33)20-18-29(37-34)26-15-11-8-12-16-26/h7-23,29H,4-6H2,1-3H3/q+1. The monoisotopic (exact) mass is 549 g/mol. The summed E-state index contributed by atoms with van der Waals surface area (Å²) in [5, 5.41) is 2.51. The first kappa shape index (κ1) is 25.7. The van der Waals surface area contributed by atoms with Gasteiger partial charge in [-0.05, 0) is 72.9 Å². The Kier molecular flexibility index (Phi) is 7.45. The molecule has 0 aliphatic carbocycles. The average molecular weight is 550 g/mol. The molecule has 0 amide bonds. The third-order valence-electron chi connectivity index (χ3n) is 7.22. The Balaban J connectivity index is 1.30. The minimum atomic E-state index is -0.0528. The van der Waals surface area contributed by atoms with E-state index in [4.69, 9.17) is 4.74 Å². The highest BCUT2D eigenvalue weighted by Gasteiger charge is 2.31. The van der Waals surface area contributed by atoms with E-state index in [9.17, 15) is 0 Å². The van der Waals surface area contributed by atoms with E-state index in [0.29, 0.717) is 0 Å². The first-order valence-electron chi connectivity index (χ1n) is 13.7. The van der Waals surface area contributed by atoms with Crippen LogP contribution >= 0.6 is 23.1 Å². The number of hydrogen-bond acceptors (Lipinski definition) is 4. The molecule has 0 N–H and O–H groups in total. The Morgan fingerprint density at radius 3 is 2.44 bits per heavy atom. The summed E-state index contributed by atoms with van der Waals surface area (Å²) in [4.78, 5) is 4.95. The molecule has 2 aliphatic heterocycles. The van der Waals surface area contributed by atoms with E-state index < -0.39 is 0 Å². The zero-order valence-electron chi connectivity index (χ0n) is 22.6. The van der Waals surface area contributed by atoms with E-state index in [2.05, 4.69) is 127 Å². The molecule has 0 spiro atoms. The molecule has 1 aromatic heterocycles. The fraction of sp³-hybridized carbons (Fsp3) is 0.206. The molecule has 3 heterocycles. The van der Waals surface area contributed by atoms with Gasteiger partial charge in [0.2, 0.25) is 0 Å². The number of fused-ring (bicyclic) bond motifs is 2. The van der Waals surface area contributed by atoms with E-state index in [1.165, 1.54) is 47.8 Å². The van der Waals surface area contributed by atoms with Gasteiger partial charge in [-0.15, -0.1) is 0 Å². The van der Waals surface area contributed by atoms with Gasteiger partial charge in [-0.2, -0.15) is 4.57 Å². The molecule has 2 aliphatic rings. The molecule has 4 aromatic rings. The first-order valence-corrected chi connectivity index (χ1v) is 15.3. The summed E-state index contributed by atoms with van der Waals surface area (Å²) < 4.78 is 8.84. The molecule has 6 rings (SSSR count). The van der Waals surface area contributed by atoms with Crippen molar-refractivity contribution < 1.29 is 9.30 Å². The zero-order valence-corrected chi connectivity index (χ0v) is 24.3. The van der Waals surface area contributed by atoms with Crippen molar-refractivity contribution in [1.29, 1.82) is 0 Å². The molecule has 5 heteroatoms. The van der Waals surface area contributed by atoms with E-state index in [-0.39, 0.29) is 6.10 Å². The van der Waals surface area contributed by atoms with Crippen LogP contribution in [0.15, 0.2) is 107 Å². The number of thiazole rings is 1. The lowest BCUT2D eigenvalue weighted by Gasteiger charge is -2.19. The van der Waals surface area contributed by atoms with Crippen molar-refractivity contribution >= 4 is 40.9 Å². The van der Waals surface area contributed by atoms with Crippen LogP contribution < -0.4 is 14.2 Å². The van der Waals surface area contributed by atoms with Crippen LogP contribution in [0.5, 0.6) is 5.88 Å². The van der Waals surface area contributed by atoms with Gasteiger partial charge < -0.3 is 9.64 Å². The fourth-order valence-electron chi connectivity index (χ4n) is 5.14. The predicted octanol–water partition coefficient (Wildman–Crippen LogP) is 9.14. The van der Waals surface area contributed by atoms with Gasteiger partial charge >= 0.3 is 5.88 Å². The van der Waals surface area contributed by atoms with Crippen molar-refractivity contribution in [3.8, 4) is 17.0 Å². The molecule has 39 heavy (non-hydrogen) atoms. The van der Waals surface area contributed by atoms with Gasteiger partial charge in [0.25, 0.3) is 5.01 Å². The molecule has 0 bridgehead atoms. The van der Waals surface area contributed by atoms with Gasteiger partial charge in [0.1, 0.15) is 11.0 Å². The zero-order chi connectivity index (χ0) is 26.8. The van der Waals surface area contributed by atoms with Crippen LogP contribution in [0, 0.1) is 0 Å². The lowest BCUT2D eigenvalue weighted by atomic mass is 10.0. The number of anilines is 1. The first-order chi connectivity index (χ1) is 19.2. The predicted molar refractivity (Wildman–Crippen MR) is 166 cm³/mol. The minimum absolute atomic E-state index is 0.0528. The molecule has 0 fully saturated rings. The highest BCUT2D eigenvalue weighted by atomic mass is 32.2. The Morgan fingerprint density at radius 1 is 0.949 bits per heavy atom. The van der Waals surface area contributed by atoms with Crippen LogP contribution in [0.1, 0.15) is 48.7 Å². The number of hydrogen-bond donors (Lipinski definition) is 0. The average Bonchev–Trinajstić information content (AvgIpc) is 3.53. The SMILES string of the molecule is CCC(=Cc1sc2c([n+]1CC)OC(c1ccccc1)C=C2)C=C1Sc2ccc(-c3ccccc3)cc2N1CC. The summed E-state index contributed by atoms with van der Waals surface area (Å²) in [6.07, 6.45) is 10.0. The number of thioether (sulfide) groups is 1. The van der Waals surface area contributed by atoms with Crippen LogP contribution in [0.3, 0.4) is 0 Å². The lowest BCUT2D eigenvalue weighted by Crippen LogP contribution is -2.36. The van der Waals surface area contributed by atoms with Crippen molar-refractivity contribution in [2.24, 2.45) is 0 Å². The molecule has 1 atom stereocenters. The Morgan fingerprint density at radius 2 is 1.72 bits per heavy atom. The minimum Gasteiger partial charge on any atom is -0.431 e. The Hall–Kier alpha value is -3.54. The summed E-state index contributed by atoms with van der Waals surface area (Å²) in [5.41, 5.74) is 6.31. The number of aromatic nitrogens is 1. The van der Waals surface area contributed by atoms with Gasteiger partial charge in [-0.25, -0.2) is 0 Å². The van der Waals surface area contributed by atoms with Crippen molar-refractivity contribution in [1.82, 2.24) is 0 Å². The molecule has 0 saturated heterocycles. The van der Waals surface area contributed by atoms with Crippen LogP contribution in [-0.4, -0.2) is 6.54 Å². The van der Waals surface area contributed by atoms with E-state index in [0.717, 1.165) is 25.4 Å². The molecule has 196 valence electrons. The number of benzene rings is 3. The molecule has 0 radical (unpaired) electrons. The number of nitrogens with zero attached hydrogens (tertiary/aromatic N) is 2. The van der Waals surface area contributed by atoms with Crippen molar-refractivity contribution in [3.63, 3.8) is 0 Å². The van der Waals surface area contributed by atoms with Gasteiger partial charge in [-0.3, -0.25) is 0 Å². The second kappa shape index (κ2) is 11.3. The van der Waals surface area contributed by atoms with Crippen LogP contribution in [0.25, 0.3) is 23.3 Å². The molecule has 3 aromatic carbocycles. The molecule has 3 nitrogen and oxygen atoms in total. The van der Waals surface area contributed by atoms with E-state index >= 15 is 0 Å².